The number of carboxylic acids is 1. The Morgan fingerprint density at radius 3 is 2.28 bits per heavy atom. The Hall–Kier alpha value is -3.39. The number of ether oxygens (including phenoxy) is 1. The molecule has 0 aliphatic rings. The van der Waals surface area contributed by atoms with Gasteiger partial charge in [-0.15, -0.1) is 0 Å². The van der Waals surface area contributed by atoms with E-state index in [9.17, 15) is 14.7 Å². The number of halogens is 2. The predicted molar refractivity (Wildman–Crippen MR) is 145 cm³/mol. The number of rotatable bonds is 9. The van der Waals surface area contributed by atoms with Crippen molar-refractivity contribution in [3.8, 4) is 5.75 Å². The standard InChI is InChI=1S/C27H22Cl2N2O4S/c1-35-20-10-8-17(9-11-20)15-30-27(34)24-6-2-5-23-22(24)4-3-7-25(23)31(16-26(32)33)36-21-13-18(28)12-19(29)14-21/h2-14H,15-16H2,1H3,(H,30,34)(H,32,33). The molecule has 0 radical (unpaired) electrons. The molecule has 4 rings (SSSR count). The van der Waals surface area contributed by atoms with Crippen molar-refractivity contribution in [2.75, 3.05) is 18.0 Å². The number of amides is 1. The molecule has 1 amide bonds. The smallest absolute Gasteiger partial charge is 0.324 e. The zero-order valence-electron chi connectivity index (χ0n) is 19.2. The summed E-state index contributed by atoms with van der Waals surface area (Å²) in [5.41, 5.74) is 2.09. The van der Waals surface area contributed by atoms with Gasteiger partial charge < -0.3 is 19.5 Å². The van der Waals surface area contributed by atoms with Gasteiger partial charge in [-0.05, 0) is 65.4 Å². The second-order valence-corrected chi connectivity index (χ2v) is 9.80. The molecule has 0 aliphatic heterocycles. The third kappa shape index (κ3) is 6.23. The van der Waals surface area contributed by atoms with Gasteiger partial charge in [-0.3, -0.25) is 9.59 Å². The van der Waals surface area contributed by atoms with Gasteiger partial charge in [0.2, 0.25) is 0 Å². The Kier molecular flexibility index (Phi) is 8.25. The van der Waals surface area contributed by atoms with Crippen LogP contribution in [-0.4, -0.2) is 30.6 Å². The Morgan fingerprint density at radius 1 is 0.944 bits per heavy atom. The quantitative estimate of drug-likeness (QED) is 0.230. The van der Waals surface area contributed by atoms with Gasteiger partial charge in [-0.2, -0.15) is 0 Å². The molecule has 0 spiro atoms. The van der Waals surface area contributed by atoms with Crippen molar-refractivity contribution in [3.63, 3.8) is 0 Å². The zero-order chi connectivity index (χ0) is 25.7. The number of benzene rings is 4. The van der Waals surface area contributed by atoms with Gasteiger partial charge in [0.1, 0.15) is 12.3 Å². The van der Waals surface area contributed by atoms with E-state index in [2.05, 4.69) is 5.32 Å². The van der Waals surface area contributed by atoms with Crippen LogP contribution in [0.15, 0.2) is 83.8 Å². The fourth-order valence-electron chi connectivity index (χ4n) is 3.73. The van der Waals surface area contributed by atoms with Crippen molar-refractivity contribution in [2.24, 2.45) is 0 Å². The van der Waals surface area contributed by atoms with E-state index in [1.54, 1.807) is 47.8 Å². The van der Waals surface area contributed by atoms with Gasteiger partial charge in [-0.25, -0.2) is 0 Å². The van der Waals surface area contributed by atoms with Gasteiger partial charge in [0.15, 0.2) is 0 Å². The molecule has 0 heterocycles. The molecule has 0 saturated carbocycles. The van der Waals surface area contributed by atoms with Gasteiger partial charge in [0, 0.05) is 32.4 Å². The second kappa shape index (κ2) is 11.6. The summed E-state index contributed by atoms with van der Waals surface area (Å²) in [6.45, 7) is 0.0806. The summed E-state index contributed by atoms with van der Waals surface area (Å²) in [5.74, 6) is -0.482. The topological polar surface area (TPSA) is 78.9 Å². The molecule has 0 saturated heterocycles. The highest BCUT2D eigenvalue weighted by Crippen LogP contribution is 2.37. The average molecular weight is 541 g/mol. The van der Waals surface area contributed by atoms with Crippen molar-refractivity contribution >= 4 is 63.5 Å². The van der Waals surface area contributed by atoms with Crippen LogP contribution < -0.4 is 14.4 Å². The third-order valence-corrected chi connectivity index (χ3v) is 6.78. The Bertz CT molecular complexity index is 1390. The highest BCUT2D eigenvalue weighted by atomic mass is 35.5. The molecule has 0 aromatic heterocycles. The monoisotopic (exact) mass is 540 g/mol. The van der Waals surface area contributed by atoms with Crippen LogP contribution in [0.5, 0.6) is 5.75 Å². The summed E-state index contributed by atoms with van der Waals surface area (Å²) in [5, 5.41) is 14.9. The number of anilines is 1. The molecule has 0 bridgehead atoms. The molecular formula is C27H22Cl2N2O4S. The van der Waals surface area contributed by atoms with E-state index in [0.29, 0.717) is 38.1 Å². The van der Waals surface area contributed by atoms with Crippen LogP contribution in [0.2, 0.25) is 10.0 Å². The summed E-state index contributed by atoms with van der Waals surface area (Å²) < 4.78 is 6.82. The molecular weight excluding hydrogens is 519 g/mol. The first-order chi connectivity index (χ1) is 17.3. The molecule has 0 unspecified atom stereocenters. The summed E-state index contributed by atoms with van der Waals surface area (Å²) in [6.07, 6.45) is 0. The Labute approximate surface area is 222 Å². The minimum atomic E-state index is -0.999. The normalized spacial score (nSPS) is 10.8. The first kappa shape index (κ1) is 25.7. The van der Waals surface area contributed by atoms with Crippen molar-refractivity contribution in [1.29, 1.82) is 0 Å². The van der Waals surface area contributed by atoms with Crippen molar-refractivity contribution in [2.45, 2.75) is 11.4 Å². The van der Waals surface area contributed by atoms with Crippen LogP contribution in [0.3, 0.4) is 0 Å². The van der Waals surface area contributed by atoms with Crippen molar-refractivity contribution < 1.29 is 19.4 Å². The number of aliphatic carboxylic acids is 1. The maximum absolute atomic E-state index is 13.1. The summed E-state index contributed by atoms with van der Waals surface area (Å²) in [7, 11) is 1.60. The van der Waals surface area contributed by atoms with Crippen LogP contribution in [0.25, 0.3) is 10.8 Å². The number of hydrogen-bond donors (Lipinski definition) is 2. The lowest BCUT2D eigenvalue weighted by Gasteiger charge is -2.23. The van der Waals surface area contributed by atoms with E-state index in [-0.39, 0.29) is 12.5 Å². The molecule has 9 heteroatoms. The van der Waals surface area contributed by atoms with Crippen molar-refractivity contribution in [1.82, 2.24) is 5.32 Å². The number of nitrogens with one attached hydrogen (secondary N) is 1. The van der Waals surface area contributed by atoms with Crippen LogP contribution in [0.1, 0.15) is 15.9 Å². The van der Waals surface area contributed by atoms with E-state index in [0.717, 1.165) is 16.7 Å². The van der Waals surface area contributed by atoms with E-state index >= 15 is 0 Å². The van der Waals surface area contributed by atoms with E-state index < -0.39 is 5.97 Å². The average Bonchev–Trinajstić information content (AvgIpc) is 2.85. The summed E-state index contributed by atoms with van der Waals surface area (Å²) in [6, 6.07) is 23.4. The number of carbonyl (C=O) groups excluding carboxylic acids is 1. The molecule has 0 atom stereocenters. The Morgan fingerprint density at radius 2 is 1.61 bits per heavy atom. The molecule has 4 aromatic rings. The number of carboxylic acid groups (broad SMARTS) is 1. The lowest BCUT2D eigenvalue weighted by molar-refractivity contribution is -0.135. The lowest BCUT2D eigenvalue weighted by Crippen LogP contribution is -2.24. The number of methoxy groups -OCH3 is 1. The molecule has 4 aromatic carbocycles. The molecule has 0 aliphatic carbocycles. The van der Waals surface area contributed by atoms with Crippen LogP contribution in [0.4, 0.5) is 5.69 Å². The molecule has 184 valence electrons. The maximum Gasteiger partial charge on any atom is 0.324 e. The van der Waals surface area contributed by atoms with Gasteiger partial charge in [0.25, 0.3) is 5.91 Å². The van der Waals surface area contributed by atoms with E-state index in [1.807, 2.05) is 42.5 Å². The minimum absolute atomic E-state index is 0.229. The fourth-order valence-corrected chi connectivity index (χ4v) is 5.43. The van der Waals surface area contributed by atoms with Crippen LogP contribution in [0, 0.1) is 0 Å². The third-order valence-electron chi connectivity index (χ3n) is 5.36. The molecule has 2 N–H and O–H groups in total. The van der Waals surface area contributed by atoms with Gasteiger partial charge in [-0.1, -0.05) is 59.6 Å². The van der Waals surface area contributed by atoms with Gasteiger partial charge in [0.05, 0.1) is 12.8 Å². The Balaban J connectivity index is 1.64. The first-order valence-corrected chi connectivity index (χ1v) is 12.4. The highest BCUT2D eigenvalue weighted by molar-refractivity contribution is 8.00. The van der Waals surface area contributed by atoms with E-state index in [1.165, 1.54) is 11.9 Å². The highest BCUT2D eigenvalue weighted by Gasteiger charge is 2.18. The molecule has 0 fully saturated rings. The SMILES string of the molecule is COc1ccc(CNC(=O)c2cccc3c(N(CC(=O)O)Sc4cc(Cl)cc(Cl)c4)cccc23)cc1. The summed E-state index contributed by atoms with van der Waals surface area (Å²) in [4.78, 5) is 25.5. The molecule has 6 nitrogen and oxygen atoms in total. The number of carbonyl (C=O) groups is 2. The minimum Gasteiger partial charge on any atom is -0.497 e. The first-order valence-electron chi connectivity index (χ1n) is 10.9. The number of hydrogen-bond acceptors (Lipinski definition) is 5. The second-order valence-electron chi connectivity index (χ2n) is 7.84. The largest absolute Gasteiger partial charge is 0.497 e. The zero-order valence-corrected chi connectivity index (χ0v) is 21.5. The summed E-state index contributed by atoms with van der Waals surface area (Å²) >= 11 is 13.5. The maximum atomic E-state index is 13.1. The van der Waals surface area contributed by atoms with Crippen LogP contribution >= 0.6 is 35.1 Å². The number of nitrogens with zero attached hydrogens (tertiary/aromatic N) is 1. The lowest BCUT2D eigenvalue weighted by atomic mass is 10.0. The van der Waals surface area contributed by atoms with E-state index in [4.69, 9.17) is 27.9 Å². The molecule has 36 heavy (non-hydrogen) atoms. The fraction of sp³-hybridized carbons (Fsp3) is 0.111. The van der Waals surface area contributed by atoms with Gasteiger partial charge >= 0.3 is 5.97 Å². The van der Waals surface area contributed by atoms with Crippen LogP contribution in [-0.2, 0) is 11.3 Å². The number of fused-ring (bicyclic) bond motifs is 1. The van der Waals surface area contributed by atoms with Crippen molar-refractivity contribution in [3.05, 3.63) is 100 Å². The predicted octanol–water partition coefficient (Wildman–Crippen LogP) is 6.68.